The molecule has 0 spiro atoms. The zero-order chi connectivity index (χ0) is 13.9. The van der Waals surface area contributed by atoms with Crippen molar-refractivity contribution >= 4 is 24.8 Å². The Labute approximate surface area is 108 Å². The van der Waals surface area contributed by atoms with E-state index >= 15 is 0 Å². The number of phosphoric acid groups is 1. The van der Waals surface area contributed by atoms with Gasteiger partial charge in [-0.1, -0.05) is 0 Å². The highest BCUT2D eigenvalue weighted by atomic mass is 31.2. The number of hydrogen-bond donors (Lipinski definition) is 3. The molecule has 0 amide bonds. The van der Waals surface area contributed by atoms with Crippen LogP contribution in [-0.4, -0.2) is 35.9 Å². The van der Waals surface area contributed by atoms with E-state index in [1.165, 1.54) is 6.33 Å². The molecule has 2 aromatic rings. The molecule has 9 nitrogen and oxygen atoms in total. The van der Waals surface area contributed by atoms with Gasteiger partial charge >= 0.3 is 7.82 Å². The fourth-order valence-corrected chi connectivity index (χ4v) is 2.00. The SMILES string of the molecule is Nc1ncnc2c1ncn2CCCCOP(=O)(O)O. The maximum absolute atomic E-state index is 10.5. The summed E-state index contributed by atoms with van der Waals surface area (Å²) in [7, 11) is -4.37. The van der Waals surface area contributed by atoms with Crippen LogP contribution in [0.4, 0.5) is 5.82 Å². The van der Waals surface area contributed by atoms with Gasteiger partial charge in [-0.2, -0.15) is 0 Å². The monoisotopic (exact) mass is 287 g/mol. The maximum atomic E-state index is 10.5. The van der Waals surface area contributed by atoms with Crippen molar-refractivity contribution in [2.45, 2.75) is 19.4 Å². The second kappa shape index (κ2) is 5.62. The number of phosphoric ester groups is 1. The van der Waals surface area contributed by atoms with Gasteiger partial charge in [-0.3, -0.25) is 4.52 Å². The molecule has 10 heteroatoms. The van der Waals surface area contributed by atoms with Gasteiger partial charge in [-0.05, 0) is 12.8 Å². The van der Waals surface area contributed by atoms with Gasteiger partial charge in [0.15, 0.2) is 11.5 Å². The predicted octanol–water partition coefficient (Wildman–Crippen LogP) is 0.298. The molecule has 0 unspecified atom stereocenters. The molecule has 0 aliphatic heterocycles. The van der Waals surface area contributed by atoms with Crippen molar-refractivity contribution < 1.29 is 18.9 Å². The maximum Gasteiger partial charge on any atom is 0.469 e. The number of imidazole rings is 1. The minimum atomic E-state index is -4.37. The van der Waals surface area contributed by atoms with Crippen LogP contribution in [0.15, 0.2) is 12.7 Å². The Bertz CT molecular complexity index is 610. The molecule has 0 aliphatic rings. The quantitative estimate of drug-likeness (QED) is 0.509. The first-order chi connectivity index (χ1) is 8.97. The predicted molar refractivity (Wildman–Crippen MR) is 67.0 cm³/mol. The molecule has 0 radical (unpaired) electrons. The smallest absolute Gasteiger partial charge is 0.382 e. The number of nitrogens with zero attached hydrogens (tertiary/aromatic N) is 4. The zero-order valence-corrected chi connectivity index (χ0v) is 10.9. The van der Waals surface area contributed by atoms with E-state index in [9.17, 15) is 4.57 Å². The number of fused-ring (bicyclic) bond motifs is 1. The average molecular weight is 287 g/mol. The molecule has 2 heterocycles. The van der Waals surface area contributed by atoms with E-state index < -0.39 is 7.82 Å². The summed E-state index contributed by atoms with van der Waals surface area (Å²) in [4.78, 5) is 29.1. The molecule has 104 valence electrons. The van der Waals surface area contributed by atoms with E-state index in [2.05, 4.69) is 19.5 Å². The molecular weight excluding hydrogens is 273 g/mol. The molecule has 0 saturated heterocycles. The van der Waals surface area contributed by atoms with Gasteiger partial charge in [0.2, 0.25) is 0 Å². The molecule has 0 aliphatic carbocycles. The Morgan fingerprint density at radius 2 is 2.11 bits per heavy atom. The lowest BCUT2D eigenvalue weighted by atomic mass is 10.3. The van der Waals surface area contributed by atoms with E-state index in [0.29, 0.717) is 36.4 Å². The molecule has 0 aromatic carbocycles. The van der Waals surface area contributed by atoms with Crippen LogP contribution in [0.3, 0.4) is 0 Å². The number of rotatable bonds is 6. The lowest BCUT2D eigenvalue weighted by Gasteiger charge is -2.05. The van der Waals surface area contributed by atoms with Gasteiger partial charge in [-0.25, -0.2) is 19.5 Å². The van der Waals surface area contributed by atoms with Gasteiger partial charge in [0.25, 0.3) is 0 Å². The summed E-state index contributed by atoms with van der Waals surface area (Å²) < 4.78 is 16.6. The van der Waals surface area contributed by atoms with Crippen LogP contribution >= 0.6 is 7.82 Å². The third-order valence-electron chi connectivity index (χ3n) is 2.48. The number of nitrogens with two attached hydrogens (primary N) is 1. The first kappa shape index (κ1) is 13.9. The molecule has 19 heavy (non-hydrogen) atoms. The Kier molecular flexibility index (Phi) is 4.11. The van der Waals surface area contributed by atoms with Crippen molar-refractivity contribution in [3.05, 3.63) is 12.7 Å². The van der Waals surface area contributed by atoms with Gasteiger partial charge < -0.3 is 20.1 Å². The average Bonchev–Trinajstić information content (AvgIpc) is 2.72. The van der Waals surface area contributed by atoms with Crippen molar-refractivity contribution in [1.82, 2.24) is 19.5 Å². The summed E-state index contributed by atoms with van der Waals surface area (Å²) in [5.41, 5.74) is 6.85. The first-order valence-corrected chi connectivity index (χ1v) is 7.12. The molecule has 0 fully saturated rings. The normalized spacial score (nSPS) is 12.1. The third kappa shape index (κ3) is 3.71. The second-order valence-corrected chi connectivity index (χ2v) is 5.14. The summed E-state index contributed by atoms with van der Waals surface area (Å²) in [5, 5.41) is 0. The first-order valence-electron chi connectivity index (χ1n) is 5.59. The molecular formula is C9H14N5O4P. The van der Waals surface area contributed by atoms with Gasteiger partial charge in [0.05, 0.1) is 12.9 Å². The fourth-order valence-electron chi connectivity index (χ4n) is 1.63. The van der Waals surface area contributed by atoms with Crippen LogP contribution in [0, 0.1) is 0 Å². The Balaban J connectivity index is 1.89. The van der Waals surface area contributed by atoms with E-state index in [0.717, 1.165) is 0 Å². The van der Waals surface area contributed by atoms with Crippen LogP contribution in [-0.2, 0) is 15.6 Å². The molecule has 0 saturated carbocycles. The number of anilines is 1. The number of aromatic nitrogens is 4. The third-order valence-corrected chi connectivity index (χ3v) is 3.00. The van der Waals surface area contributed by atoms with E-state index in [-0.39, 0.29) is 6.61 Å². The number of nitrogen functional groups attached to an aromatic ring is 1. The van der Waals surface area contributed by atoms with Crippen molar-refractivity contribution in [3.63, 3.8) is 0 Å². The largest absolute Gasteiger partial charge is 0.469 e. The van der Waals surface area contributed by atoms with Crippen molar-refractivity contribution in [1.29, 1.82) is 0 Å². The van der Waals surface area contributed by atoms with Gasteiger partial charge in [0, 0.05) is 6.54 Å². The van der Waals surface area contributed by atoms with E-state index in [4.69, 9.17) is 15.5 Å². The van der Waals surface area contributed by atoms with Crippen LogP contribution in [0.5, 0.6) is 0 Å². The Morgan fingerprint density at radius 1 is 1.32 bits per heavy atom. The minimum Gasteiger partial charge on any atom is -0.382 e. The fraction of sp³-hybridized carbons (Fsp3) is 0.444. The van der Waals surface area contributed by atoms with Crippen LogP contribution in [0.25, 0.3) is 11.2 Å². The lowest BCUT2D eigenvalue weighted by Crippen LogP contribution is -2.01. The molecule has 2 rings (SSSR count). The molecule has 2 aromatic heterocycles. The number of aryl methyl sites for hydroxylation is 1. The summed E-state index contributed by atoms with van der Waals surface area (Å²) in [6.07, 6.45) is 4.17. The summed E-state index contributed by atoms with van der Waals surface area (Å²) in [6, 6.07) is 0. The number of unbranched alkanes of at least 4 members (excludes halogenated alkanes) is 1. The topological polar surface area (TPSA) is 136 Å². The minimum absolute atomic E-state index is 0.00797. The van der Waals surface area contributed by atoms with Crippen LogP contribution < -0.4 is 5.73 Å². The van der Waals surface area contributed by atoms with Crippen LogP contribution in [0.1, 0.15) is 12.8 Å². The highest BCUT2D eigenvalue weighted by Crippen LogP contribution is 2.35. The van der Waals surface area contributed by atoms with E-state index in [1.807, 2.05) is 4.57 Å². The summed E-state index contributed by atoms with van der Waals surface area (Å²) in [6.45, 7) is 0.617. The van der Waals surface area contributed by atoms with Crippen molar-refractivity contribution in [3.8, 4) is 0 Å². The highest BCUT2D eigenvalue weighted by Gasteiger charge is 2.12. The molecule has 0 bridgehead atoms. The van der Waals surface area contributed by atoms with Gasteiger partial charge in [-0.15, -0.1) is 0 Å². The van der Waals surface area contributed by atoms with E-state index in [1.54, 1.807) is 6.33 Å². The van der Waals surface area contributed by atoms with Crippen LogP contribution in [0.2, 0.25) is 0 Å². The van der Waals surface area contributed by atoms with Crippen molar-refractivity contribution in [2.24, 2.45) is 0 Å². The summed E-state index contributed by atoms with van der Waals surface area (Å²) >= 11 is 0. The zero-order valence-electron chi connectivity index (χ0n) is 10.0. The highest BCUT2D eigenvalue weighted by molar-refractivity contribution is 7.46. The van der Waals surface area contributed by atoms with Gasteiger partial charge in [0.1, 0.15) is 11.8 Å². The Morgan fingerprint density at radius 3 is 2.84 bits per heavy atom. The molecule has 4 N–H and O–H groups in total. The second-order valence-electron chi connectivity index (χ2n) is 3.90. The standard InChI is InChI=1S/C9H14N5O4P/c10-8-7-9(12-5-11-8)14(6-13-7)3-1-2-4-18-19(15,16)17/h5-6H,1-4H2,(H2,10,11,12)(H2,15,16,17). The lowest BCUT2D eigenvalue weighted by molar-refractivity contribution is 0.193. The summed E-state index contributed by atoms with van der Waals surface area (Å²) in [5.74, 6) is 0.327. The molecule has 0 atom stereocenters. The number of hydrogen-bond acceptors (Lipinski definition) is 6. The van der Waals surface area contributed by atoms with Crippen molar-refractivity contribution in [2.75, 3.05) is 12.3 Å². The Hall–Kier alpha value is -1.54.